The van der Waals surface area contributed by atoms with E-state index < -0.39 is 29.6 Å². The fourth-order valence-corrected chi connectivity index (χ4v) is 5.52. The van der Waals surface area contributed by atoms with Crippen LogP contribution < -0.4 is 37.5 Å². The molecule has 5 rings (SSSR count). The molecular formula is C32H36N10O7. The topological polar surface area (TPSA) is 244 Å². The van der Waals surface area contributed by atoms with Gasteiger partial charge in [0, 0.05) is 31.6 Å². The number of amides is 4. The number of carboxylic acid groups (broad SMARTS) is 1. The third-order valence-electron chi connectivity index (χ3n) is 7.80. The highest BCUT2D eigenvalue weighted by Gasteiger charge is 2.21. The van der Waals surface area contributed by atoms with Crippen molar-refractivity contribution >= 4 is 65.2 Å². The number of imidazole rings is 2. The van der Waals surface area contributed by atoms with E-state index in [1.54, 1.807) is 39.0 Å². The molecule has 0 saturated heterocycles. The maximum Gasteiger partial charge on any atom is 0.303 e. The molecule has 49 heavy (non-hydrogen) atoms. The number of hydrogen-bond acceptors (Lipinski definition) is 9. The molecule has 17 heteroatoms. The normalized spacial score (nSPS) is 13.8. The van der Waals surface area contributed by atoms with Crippen LogP contribution in [0.15, 0.2) is 30.4 Å². The lowest BCUT2D eigenvalue weighted by Gasteiger charge is -2.12. The van der Waals surface area contributed by atoms with Crippen molar-refractivity contribution < 1.29 is 33.8 Å². The van der Waals surface area contributed by atoms with Gasteiger partial charge < -0.3 is 30.4 Å². The molecule has 1 aromatic carbocycles. The Kier molecular flexibility index (Phi) is 10.2. The molecule has 4 aromatic rings. The Bertz CT molecular complexity index is 2110. The Hall–Kier alpha value is -6.26. The van der Waals surface area contributed by atoms with E-state index in [0.717, 1.165) is 0 Å². The summed E-state index contributed by atoms with van der Waals surface area (Å²) in [4.78, 5) is 68.8. The van der Waals surface area contributed by atoms with Crippen LogP contribution in [0, 0.1) is 12.8 Å². The molecular weight excluding hydrogens is 636 g/mol. The van der Waals surface area contributed by atoms with E-state index in [4.69, 9.17) is 21.3 Å². The van der Waals surface area contributed by atoms with Gasteiger partial charge in [0.2, 0.25) is 30.1 Å². The van der Waals surface area contributed by atoms with Crippen molar-refractivity contribution in [3.05, 3.63) is 58.0 Å². The maximum absolute atomic E-state index is 13.3. The molecule has 0 bridgehead atoms. The molecule has 17 nitrogen and oxygen atoms in total. The van der Waals surface area contributed by atoms with Crippen LogP contribution >= 0.6 is 0 Å². The number of carboxylic acids is 1. The average Bonchev–Trinajstić information content (AvgIpc) is 3.73. The molecule has 4 amide bonds. The average molecular weight is 673 g/mol. The molecule has 7 N–H and O–H groups in total. The maximum atomic E-state index is 13.3. The van der Waals surface area contributed by atoms with E-state index in [1.807, 2.05) is 19.1 Å². The molecule has 3 heterocycles. The van der Waals surface area contributed by atoms with Crippen LogP contribution in [0.2, 0.25) is 0 Å². The van der Waals surface area contributed by atoms with Crippen LogP contribution in [-0.2, 0) is 34.0 Å². The predicted octanol–water partition coefficient (Wildman–Crippen LogP) is 0.243. The highest BCUT2D eigenvalue weighted by atomic mass is 16.5. The largest absolute Gasteiger partial charge is 0.491 e. The van der Waals surface area contributed by atoms with Crippen LogP contribution in [0.3, 0.4) is 0 Å². The number of carbonyl (C=O) groups is 5. The SMILES string of the molecule is CCn1nc(C)cc1C(=O)Nc1nc2c(n1C/C=C/Cn1c(NC=O)nc3cc(C(N)=O)cc(OCCCC(=O)O)c31)=CCC(C(N)=O)C=2. The molecule has 0 aliphatic heterocycles. The first-order chi connectivity index (χ1) is 23.5. The lowest BCUT2D eigenvalue weighted by Crippen LogP contribution is -2.36. The third kappa shape index (κ3) is 7.50. The molecule has 256 valence electrons. The summed E-state index contributed by atoms with van der Waals surface area (Å²) in [6, 6.07) is 4.61. The number of rotatable bonds is 16. The fraction of sp³-hybridized carbons (Fsp3) is 0.312. The second kappa shape index (κ2) is 14.7. The summed E-state index contributed by atoms with van der Waals surface area (Å²) in [5.41, 5.74) is 13.0. The summed E-state index contributed by atoms with van der Waals surface area (Å²) >= 11 is 0. The second-order valence-electron chi connectivity index (χ2n) is 11.2. The van der Waals surface area contributed by atoms with Gasteiger partial charge in [0.1, 0.15) is 17.0 Å². The number of nitrogens with zero attached hydrogens (tertiary/aromatic N) is 6. The van der Waals surface area contributed by atoms with E-state index in [1.165, 1.54) is 12.1 Å². The smallest absolute Gasteiger partial charge is 0.303 e. The van der Waals surface area contributed by atoms with Gasteiger partial charge in [-0.15, -0.1) is 0 Å². The Labute approximate surface area is 278 Å². The number of nitrogens with one attached hydrogen (secondary N) is 2. The minimum Gasteiger partial charge on any atom is -0.491 e. The summed E-state index contributed by atoms with van der Waals surface area (Å²) in [7, 11) is 0. The van der Waals surface area contributed by atoms with Crippen LogP contribution in [0.4, 0.5) is 11.9 Å². The number of anilines is 2. The Morgan fingerprint density at radius 1 is 1.08 bits per heavy atom. The van der Waals surface area contributed by atoms with Gasteiger partial charge in [-0.1, -0.05) is 18.2 Å². The van der Waals surface area contributed by atoms with Crippen molar-refractivity contribution in [2.75, 3.05) is 17.2 Å². The molecule has 1 aliphatic rings. The van der Waals surface area contributed by atoms with Gasteiger partial charge in [-0.3, -0.25) is 39.3 Å². The van der Waals surface area contributed by atoms with Gasteiger partial charge in [0.25, 0.3) is 5.91 Å². The summed E-state index contributed by atoms with van der Waals surface area (Å²) in [5, 5.41) is 20.0. The Morgan fingerprint density at radius 3 is 2.51 bits per heavy atom. The van der Waals surface area contributed by atoms with Crippen LogP contribution in [0.1, 0.15) is 52.7 Å². The van der Waals surface area contributed by atoms with Crippen molar-refractivity contribution in [1.82, 2.24) is 28.9 Å². The lowest BCUT2D eigenvalue weighted by molar-refractivity contribution is -0.137. The Balaban J connectivity index is 1.47. The van der Waals surface area contributed by atoms with Gasteiger partial charge in [-0.2, -0.15) is 5.10 Å². The van der Waals surface area contributed by atoms with Crippen LogP contribution in [0.5, 0.6) is 5.75 Å². The van der Waals surface area contributed by atoms with E-state index >= 15 is 0 Å². The molecule has 0 saturated carbocycles. The molecule has 1 atom stereocenters. The monoisotopic (exact) mass is 672 g/mol. The van der Waals surface area contributed by atoms with Crippen LogP contribution in [0.25, 0.3) is 23.2 Å². The first-order valence-corrected chi connectivity index (χ1v) is 15.5. The zero-order valence-electron chi connectivity index (χ0n) is 26.9. The van der Waals surface area contributed by atoms with E-state index in [0.29, 0.717) is 52.5 Å². The highest BCUT2D eigenvalue weighted by molar-refractivity contribution is 6.02. The number of hydrogen-bond donors (Lipinski definition) is 5. The molecule has 0 radical (unpaired) electrons. The minimum absolute atomic E-state index is 0.0457. The number of aromatic nitrogens is 6. The first kappa shape index (κ1) is 34.1. The van der Waals surface area contributed by atoms with Crippen molar-refractivity contribution in [1.29, 1.82) is 0 Å². The summed E-state index contributed by atoms with van der Waals surface area (Å²) < 4.78 is 10.9. The highest BCUT2D eigenvalue weighted by Crippen LogP contribution is 2.31. The summed E-state index contributed by atoms with van der Waals surface area (Å²) in [5.74, 6) is -2.44. The molecule has 1 unspecified atom stereocenters. The third-order valence-corrected chi connectivity index (χ3v) is 7.80. The van der Waals surface area contributed by atoms with E-state index in [-0.39, 0.29) is 55.7 Å². The van der Waals surface area contributed by atoms with Crippen LogP contribution in [-0.4, -0.2) is 70.7 Å². The van der Waals surface area contributed by atoms with Gasteiger partial charge in [-0.05, 0) is 51.0 Å². The van der Waals surface area contributed by atoms with E-state index in [2.05, 4.69) is 25.7 Å². The molecule has 3 aromatic heterocycles. The minimum atomic E-state index is -0.972. The van der Waals surface area contributed by atoms with Crippen molar-refractivity contribution in [2.45, 2.75) is 52.7 Å². The zero-order valence-corrected chi connectivity index (χ0v) is 26.9. The number of aliphatic carboxylic acids is 1. The summed E-state index contributed by atoms with van der Waals surface area (Å²) in [6.45, 7) is 4.65. The number of nitrogens with two attached hydrogens (primary N) is 2. The van der Waals surface area contributed by atoms with E-state index in [9.17, 15) is 24.0 Å². The Morgan fingerprint density at radius 2 is 1.84 bits per heavy atom. The lowest BCUT2D eigenvalue weighted by atomic mass is 10.0. The number of fused-ring (bicyclic) bond motifs is 2. The molecule has 0 spiro atoms. The van der Waals surface area contributed by atoms with Gasteiger partial charge >= 0.3 is 5.97 Å². The number of aryl methyl sites for hydroxylation is 2. The molecule has 1 aliphatic carbocycles. The number of carbonyl (C=O) groups excluding carboxylic acids is 4. The summed E-state index contributed by atoms with van der Waals surface area (Å²) in [6.07, 6.45) is 8.11. The number of benzene rings is 1. The molecule has 0 fully saturated rings. The fourth-order valence-electron chi connectivity index (χ4n) is 5.52. The standard InChI is InChI=1S/C32H36N10O7/c1-3-42-24(13-18(2)39-42)30(48)38-32-36-21-14-19(28(33)46)8-9-23(21)40(32)10-4-5-11-41-27-22(37-31(41)35-17-43)15-20(29(34)47)16-25(27)49-12-6-7-26(44)45/h4-5,9,13-17,19H,3,6-8,10-12H2,1-2H3,(H2,33,46)(H2,34,47)(H,44,45)(H,35,37,43)(H,36,38,48)/b5-4+. The number of ether oxygens (including phenoxy) is 1. The zero-order chi connectivity index (χ0) is 35.2. The van der Waals surface area contributed by atoms with Crippen molar-refractivity contribution in [3.8, 4) is 5.75 Å². The van der Waals surface area contributed by atoms with Gasteiger partial charge in [0.15, 0.2) is 0 Å². The van der Waals surface area contributed by atoms with Crippen molar-refractivity contribution in [2.24, 2.45) is 17.4 Å². The number of primary amides is 2. The number of allylic oxidation sites excluding steroid dienone is 2. The van der Waals surface area contributed by atoms with Crippen molar-refractivity contribution in [3.63, 3.8) is 0 Å². The van der Waals surface area contributed by atoms with Gasteiger partial charge in [0.05, 0.1) is 34.4 Å². The predicted molar refractivity (Wildman–Crippen MR) is 178 cm³/mol. The van der Waals surface area contributed by atoms with Gasteiger partial charge in [-0.25, -0.2) is 9.97 Å². The quantitative estimate of drug-likeness (QED) is 0.0617. The second-order valence-corrected chi connectivity index (χ2v) is 11.2. The first-order valence-electron chi connectivity index (χ1n) is 15.5.